The highest BCUT2D eigenvalue weighted by Crippen LogP contribution is 2.25. The fourth-order valence-electron chi connectivity index (χ4n) is 1.71. The van der Waals surface area contributed by atoms with Gasteiger partial charge in [-0.15, -0.1) is 0 Å². The van der Waals surface area contributed by atoms with Gasteiger partial charge in [-0.05, 0) is 18.8 Å². The summed E-state index contributed by atoms with van der Waals surface area (Å²) in [6, 6.07) is 1.84. The molecule has 0 atom stereocenters. The molecule has 13 heavy (non-hydrogen) atoms. The first kappa shape index (κ1) is 9.79. The molecule has 0 aromatic rings. The molecule has 1 rings (SSSR count). The smallest absolute Gasteiger partial charge is 0.259 e. The molecule has 3 nitrogen and oxygen atoms in total. The van der Waals surface area contributed by atoms with E-state index in [0.29, 0.717) is 5.92 Å². The summed E-state index contributed by atoms with van der Waals surface area (Å²) in [6.07, 6.45) is 7.55. The molecule has 1 aliphatic carbocycles. The van der Waals surface area contributed by atoms with Crippen LogP contribution in [0.3, 0.4) is 0 Å². The summed E-state index contributed by atoms with van der Waals surface area (Å²) in [5.41, 5.74) is 5.15. The van der Waals surface area contributed by atoms with E-state index in [4.69, 9.17) is 11.0 Å². The standard InChI is InChI=1S/C10H14N2O/c11-7-9(10(12)13)6-8-4-2-1-3-5-8/h6,8H,1-5H2,(H2,12,13)/b9-6-. The Morgan fingerprint density at radius 2 is 2.00 bits per heavy atom. The van der Waals surface area contributed by atoms with Crippen molar-refractivity contribution < 1.29 is 4.79 Å². The van der Waals surface area contributed by atoms with Gasteiger partial charge in [-0.1, -0.05) is 25.3 Å². The second-order valence-corrected chi connectivity index (χ2v) is 3.45. The highest BCUT2D eigenvalue weighted by molar-refractivity contribution is 5.95. The van der Waals surface area contributed by atoms with E-state index >= 15 is 0 Å². The van der Waals surface area contributed by atoms with Gasteiger partial charge >= 0.3 is 0 Å². The average molecular weight is 178 g/mol. The average Bonchev–Trinajstić information content (AvgIpc) is 2.15. The summed E-state index contributed by atoms with van der Waals surface area (Å²) in [6.45, 7) is 0. The van der Waals surface area contributed by atoms with E-state index in [-0.39, 0.29) is 5.57 Å². The monoisotopic (exact) mass is 178 g/mol. The van der Waals surface area contributed by atoms with Crippen molar-refractivity contribution in [3.8, 4) is 6.07 Å². The van der Waals surface area contributed by atoms with Crippen molar-refractivity contribution in [1.82, 2.24) is 0 Å². The molecule has 0 radical (unpaired) electrons. The molecule has 1 aliphatic rings. The lowest BCUT2D eigenvalue weighted by molar-refractivity contribution is -0.114. The van der Waals surface area contributed by atoms with Gasteiger partial charge in [0.1, 0.15) is 11.6 Å². The minimum absolute atomic E-state index is 0.118. The molecule has 0 aromatic carbocycles. The van der Waals surface area contributed by atoms with Gasteiger partial charge in [0.2, 0.25) is 0 Å². The number of carbonyl (C=O) groups is 1. The molecule has 2 N–H and O–H groups in total. The molecule has 1 saturated carbocycles. The summed E-state index contributed by atoms with van der Waals surface area (Å²) in [5, 5.41) is 8.61. The number of carbonyl (C=O) groups excluding carboxylic acids is 1. The summed E-state index contributed by atoms with van der Waals surface area (Å²) >= 11 is 0. The van der Waals surface area contributed by atoms with E-state index in [1.54, 1.807) is 6.08 Å². The number of nitrogens with zero attached hydrogens (tertiary/aromatic N) is 1. The highest BCUT2D eigenvalue weighted by atomic mass is 16.1. The highest BCUT2D eigenvalue weighted by Gasteiger charge is 2.13. The largest absolute Gasteiger partial charge is 0.365 e. The van der Waals surface area contributed by atoms with E-state index < -0.39 is 5.91 Å². The van der Waals surface area contributed by atoms with Crippen molar-refractivity contribution in [2.24, 2.45) is 11.7 Å². The summed E-state index contributed by atoms with van der Waals surface area (Å²) in [7, 11) is 0. The number of hydrogen-bond donors (Lipinski definition) is 1. The lowest BCUT2D eigenvalue weighted by Crippen LogP contribution is -2.14. The Balaban J connectivity index is 2.61. The molecule has 0 unspecified atom stereocenters. The van der Waals surface area contributed by atoms with E-state index in [9.17, 15) is 4.79 Å². The van der Waals surface area contributed by atoms with Crippen LogP contribution in [0.25, 0.3) is 0 Å². The van der Waals surface area contributed by atoms with Crippen LogP contribution in [0.15, 0.2) is 11.6 Å². The van der Waals surface area contributed by atoms with Crippen LogP contribution in [0, 0.1) is 17.2 Å². The van der Waals surface area contributed by atoms with Crippen LogP contribution in [-0.2, 0) is 4.79 Å². The molecular weight excluding hydrogens is 164 g/mol. The van der Waals surface area contributed by atoms with Crippen molar-refractivity contribution in [2.75, 3.05) is 0 Å². The third-order valence-electron chi connectivity index (χ3n) is 2.44. The molecule has 0 aromatic heterocycles. The maximum absolute atomic E-state index is 10.7. The number of nitriles is 1. The number of rotatable bonds is 2. The SMILES string of the molecule is N#C/C(=C/C1CCCCC1)C(N)=O. The Morgan fingerprint density at radius 3 is 2.46 bits per heavy atom. The van der Waals surface area contributed by atoms with Crippen LogP contribution in [0.2, 0.25) is 0 Å². The zero-order valence-corrected chi connectivity index (χ0v) is 7.62. The molecule has 0 heterocycles. The van der Waals surface area contributed by atoms with Crippen LogP contribution < -0.4 is 5.73 Å². The van der Waals surface area contributed by atoms with Gasteiger partial charge in [-0.2, -0.15) is 5.26 Å². The predicted molar refractivity (Wildman–Crippen MR) is 49.5 cm³/mol. The van der Waals surface area contributed by atoms with E-state index in [1.807, 2.05) is 6.07 Å². The van der Waals surface area contributed by atoms with E-state index in [0.717, 1.165) is 12.8 Å². The minimum Gasteiger partial charge on any atom is -0.365 e. The molecular formula is C10H14N2O. The van der Waals surface area contributed by atoms with Crippen LogP contribution in [0.4, 0.5) is 0 Å². The van der Waals surface area contributed by atoms with Crippen LogP contribution in [0.1, 0.15) is 32.1 Å². The van der Waals surface area contributed by atoms with Gasteiger partial charge in [-0.3, -0.25) is 4.79 Å². The zero-order chi connectivity index (χ0) is 9.68. The first-order chi connectivity index (χ1) is 6.24. The van der Waals surface area contributed by atoms with Gasteiger partial charge in [-0.25, -0.2) is 0 Å². The molecule has 3 heteroatoms. The van der Waals surface area contributed by atoms with E-state index in [1.165, 1.54) is 19.3 Å². The normalized spacial score (nSPS) is 19.5. The van der Waals surface area contributed by atoms with Crippen molar-refractivity contribution in [3.63, 3.8) is 0 Å². The molecule has 1 amide bonds. The summed E-state index contributed by atoms with van der Waals surface area (Å²) < 4.78 is 0. The fourth-order valence-corrected chi connectivity index (χ4v) is 1.71. The fraction of sp³-hybridized carbons (Fsp3) is 0.600. The molecule has 0 saturated heterocycles. The van der Waals surface area contributed by atoms with Crippen molar-refractivity contribution in [2.45, 2.75) is 32.1 Å². The van der Waals surface area contributed by atoms with Gasteiger partial charge < -0.3 is 5.73 Å². The molecule has 0 spiro atoms. The minimum atomic E-state index is -0.604. The van der Waals surface area contributed by atoms with Gasteiger partial charge in [0.15, 0.2) is 0 Å². The maximum Gasteiger partial charge on any atom is 0.259 e. The molecule has 0 bridgehead atoms. The van der Waals surface area contributed by atoms with Gasteiger partial charge in [0.25, 0.3) is 5.91 Å². The van der Waals surface area contributed by atoms with Crippen molar-refractivity contribution >= 4 is 5.91 Å². The number of nitrogens with two attached hydrogens (primary N) is 1. The second-order valence-electron chi connectivity index (χ2n) is 3.45. The zero-order valence-electron chi connectivity index (χ0n) is 7.62. The lowest BCUT2D eigenvalue weighted by Gasteiger charge is -2.17. The predicted octanol–water partition coefficient (Wildman–Crippen LogP) is 1.50. The first-order valence-corrected chi connectivity index (χ1v) is 4.65. The maximum atomic E-state index is 10.7. The molecule has 1 fully saturated rings. The topological polar surface area (TPSA) is 66.9 Å². The van der Waals surface area contributed by atoms with Crippen molar-refractivity contribution in [3.05, 3.63) is 11.6 Å². The van der Waals surface area contributed by atoms with E-state index in [2.05, 4.69) is 0 Å². The first-order valence-electron chi connectivity index (χ1n) is 4.65. The Bertz CT molecular complexity index is 257. The van der Waals surface area contributed by atoms with Gasteiger partial charge in [0.05, 0.1) is 0 Å². The van der Waals surface area contributed by atoms with Crippen LogP contribution >= 0.6 is 0 Å². The van der Waals surface area contributed by atoms with Crippen molar-refractivity contribution in [1.29, 1.82) is 5.26 Å². The van der Waals surface area contributed by atoms with Gasteiger partial charge in [0, 0.05) is 0 Å². The number of amides is 1. The van der Waals surface area contributed by atoms with Crippen LogP contribution in [-0.4, -0.2) is 5.91 Å². The molecule has 70 valence electrons. The number of primary amides is 1. The molecule has 0 aliphatic heterocycles. The van der Waals surface area contributed by atoms with Crippen LogP contribution in [0.5, 0.6) is 0 Å². The quantitative estimate of drug-likeness (QED) is 0.514. The lowest BCUT2D eigenvalue weighted by atomic mass is 9.88. The third kappa shape index (κ3) is 2.90. The number of hydrogen-bond acceptors (Lipinski definition) is 2. The second kappa shape index (κ2) is 4.66. The summed E-state index contributed by atoms with van der Waals surface area (Å²) in [5.74, 6) is -0.219. The Kier molecular flexibility index (Phi) is 3.51. The Labute approximate surface area is 78.2 Å². The number of allylic oxidation sites excluding steroid dienone is 1. The Hall–Kier alpha value is -1.30. The summed E-state index contributed by atoms with van der Waals surface area (Å²) in [4.78, 5) is 10.7. The third-order valence-corrected chi connectivity index (χ3v) is 2.44. The Morgan fingerprint density at radius 1 is 1.38 bits per heavy atom.